The lowest BCUT2D eigenvalue weighted by Gasteiger charge is -2.36. The highest BCUT2D eigenvalue weighted by Crippen LogP contribution is 2.26. The van der Waals surface area contributed by atoms with Crippen molar-refractivity contribution in [3.8, 4) is 0 Å². The Kier molecular flexibility index (Phi) is 5.50. The molecule has 0 aliphatic heterocycles. The van der Waals surface area contributed by atoms with Crippen LogP contribution in [-0.2, 0) is 11.2 Å². The number of ether oxygens (including phenoxy) is 1. The van der Waals surface area contributed by atoms with Crippen molar-refractivity contribution in [2.45, 2.75) is 46.3 Å². The number of aryl methyl sites for hydroxylation is 1. The Hall–Kier alpha value is -0.930. The van der Waals surface area contributed by atoms with Crippen LogP contribution in [0.25, 0.3) is 0 Å². The van der Waals surface area contributed by atoms with E-state index in [0.29, 0.717) is 0 Å². The monoisotopic (exact) mass is 267 g/mol. The van der Waals surface area contributed by atoms with Crippen molar-refractivity contribution in [3.63, 3.8) is 0 Å². The smallest absolute Gasteiger partial charge is 0.123 e. The Balaban J connectivity index is 2.92. The van der Waals surface area contributed by atoms with Gasteiger partial charge in [-0.15, -0.1) is 0 Å². The quantitative estimate of drug-likeness (QED) is 0.883. The molecule has 1 aromatic rings. The lowest BCUT2D eigenvalue weighted by molar-refractivity contribution is -0.00924. The number of likely N-dealkylation sites (N-methyl/N-ethyl adjacent to an activating group) is 1. The van der Waals surface area contributed by atoms with Crippen LogP contribution in [-0.4, -0.2) is 26.3 Å². The van der Waals surface area contributed by atoms with E-state index in [1.807, 2.05) is 20.0 Å². The van der Waals surface area contributed by atoms with E-state index in [2.05, 4.69) is 26.1 Å². The van der Waals surface area contributed by atoms with E-state index in [1.165, 1.54) is 6.07 Å². The van der Waals surface area contributed by atoms with Crippen LogP contribution in [0.15, 0.2) is 18.2 Å². The number of halogens is 1. The summed E-state index contributed by atoms with van der Waals surface area (Å²) >= 11 is 0. The van der Waals surface area contributed by atoms with Crippen LogP contribution in [0.4, 0.5) is 4.39 Å². The molecule has 3 heteroatoms. The minimum atomic E-state index is -0.179. The second-order valence-electron chi connectivity index (χ2n) is 6.19. The number of rotatable bonds is 5. The molecule has 0 aliphatic carbocycles. The average Bonchev–Trinajstić information content (AvgIpc) is 2.30. The normalized spacial score (nSPS) is 15.3. The average molecular weight is 267 g/mol. The fourth-order valence-electron chi connectivity index (χ4n) is 2.61. The summed E-state index contributed by atoms with van der Waals surface area (Å²) in [5.41, 5.74) is 2.20. The van der Waals surface area contributed by atoms with Gasteiger partial charge in [0.25, 0.3) is 0 Å². The van der Waals surface area contributed by atoms with Crippen LogP contribution >= 0.6 is 0 Å². The maximum atomic E-state index is 13.1. The number of methoxy groups -OCH3 is 1. The summed E-state index contributed by atoms with van der Waals surface area (Å²) in [5, 5.41) is 3.33. The van der Waals surface area contributed by atoms with E-state index in [4.69, 9.17) is 4.74 Å². The van der Waals surface area contributed by atoms with Crippen LogP contribution < -0.4 is 5.32 Å². The predicted molar refractivity (Wildman–Crippen MR) is 77.9 cm³/mol. The van der Waals surface area contributed by atoms with E-state index in [1.54, 1.807) is 13.2 Å². The van der Waals surface area contributed by atoms with Crippen molar-refractivity contribution in [2.24, 2.45) is 5.41 Å². The van der Waals surface area contributed by atoms with Crippen molar-refractivity contribution in [1.29, 1.82) is 0 Å². The van der Waals surface area contributed by atoms with Crippen LogP contribution in [0.5, 0.6) is 0 Å². The molecule has 19 heavy (non-hydrogen) atoms. The summed E-state index contributed by atoms with van der Waals surface area (Å²) in [6.45, 7) is 8.46. The van der Waals surface area contributed by atoms with Gasteiger partial charge in [-0.2, -0.15) is 0 Å². The third kappa shape index (κ3) is 4.29. The Morgan fingerprint density at radius 2 is 1.95 bits per heavy atom. The molecule has 1 aromatic carbocycles. The largest absolute Gasteiger partial charge is 0.379 e. The number of hydrogen-bond donors (Lipinski definition) is 1. The SMILES string of the molecule is CNC(Cc1ccc(F)cc1C)C(OC)C(C)(C)C. The zero-order valence-electron chi connectivity index (χ0n) is 12.9. The summed E-state index contributed by atoms with van der Waals surface area (Å²) in [6, 6.07) is 5.17. The summed E-state index contributed by atoms with van der Waals surface area (Å²) in [6.07, 6.45) is 0.931. The molecule has 1 N–H and O–H groups in total. The Morgan fingerprint density at radius 1 is 1.32 bits per heavy atom. The van der Waals surface area contributed by atoms with Gasteiger partial charge < -0.3 is 10.1 Å². The van der Waals surface area contributed by atoms with Gasteiger partial charge >= 0.3 is 0 Å². The molecule has 0 heterocycles. The number of benzene rings is 1. The molecule has 1 rings (SSSR count). The first-order valence-corrected chi connectivity index (χ1v) is 6.74. The highest BCUT2D eigenvalue weighted by Gasteiger charge is 2.31. The van der Waals surface area contributed by atoms with Gasteiger partial charge in [-0.05, 0) is 49.1 Å². The maximum absolute atomic E-state index is 13.1. The molecule has 2 nitrogen and oxygen atoms in total. The minimum absolute atomic E-state index is 0.0519. The lowest BCUT2D eigenvalue weighted by atomic mass is 9.82. The molecule has 0 aliphatic rings. The second-order valence-corrected chi connectivity index (χ2v) is 6.19. The van der Waals surface area contributed by atoms with Crippen LogP contribution in [0.2, 0.25) is 0 Å². The zero-order valence-corrected chi connectivity index (χ0v) is 12.9. The molecule has 0 saturated heterocycles. The van der Waals surface area contributed by atoms with Gasteiger partial charge in [0.1, 0.15) is 5.82 Å². The van der Waals surface area contributed by atoms with Gasteiger partial charge in [0, 0.05) is 13.2 Å². The van der Waals surface area contributed by atoms with Crippen molar-refractivity contribution in [3.05, 3.63) is 35.1 Å². The fourth-order valence-corrected chi connectivity index (χ4v) is 2.61. The standard InChI is InChI=1S/C16H26FNO/c1-11-9-13(17)8-7-12(11)10-14(18-5)15(19-6)16(2,3)4/h7-9,14-15,18H,10H2,1-6H3. The molecule has 0 aromatic heterocycles. The molecular weight excluding hydrogens is 241 g/mol. The lowest BCUT2D eigenvalue weighted by Crippen LogP contribution is -2.47. The summed E-state index contributed by atoms with van der Waals surface area (Å²) in [7, 11) is 3.69. The van der Waals surface area contributed by atoms with Crippen LogP contribution in [0.3, 0.4) is 0 Å². The van der Waals surface area contributed by atoms with Gasteiger partial charge in [0.15, 0.2) is 0 Å². The van der Waals surface area contributed by atoms with Crippen molar-refractivity contribution >= 4 is 0 Å². The molecular formula is C16H26FNO. The van der Waals surface area contributed by atoms with Crippen molar-refractivity contribution in [2.75, 3.05) is 14.2 Å². The molecule has 0 saturated carbocycles. The Morgan fingerprint density at radius 3 is 2.37 bits per heavy atom. The first kappa shape index (κ1) is 16.1. The molecule has 0 amide bonds. The molecule has 108 valence electrons. The molecule has 0 spiro atoms. The van der Waals surface area contributed by atoms with E-state index < -0.39 is 0 Å². The van der Waals surface area contributed by atoms with Gasteiger partial charge in [0.2, 0.25) is 0 Å². The highest BCUT2D eigenvalue weighted by molar-refractivity contribution is 5.27. The van der Waals surface area contributed by atoms with E-state index >= 15 is 0 Å². The van der Waals surface area contributed by atoms with Gasteiger partial charge in [-0.3, -0.25) is 0 Å². The third-order valence-corrected chi connectivity index (χ3v) is 3.59. The van der Waals surface area contributed by atoms with Crippen molar-refractivity contribution < 1.29 is 9.13 Å². The molecule has 2 atom stereocenters. The Labute approximate surface area is 116 Å². The molecule has 0 bridgehead atoms. The summed E-state index contributed by atoms with van der Waals surface area (Å²) < 4.78 is 18.8. The second kappa shape index (κ2) is 6.49. The minimum Gasteiger partial charge on any atom is -0.379 e. The summed E-state index contributed by atoms with van der Waals surface area (Å²) in [4.78, 5) is 0. The highest BCUT2D eigenvalue weighted by atomic mass is 19.1. The summed E-state index contributed by atoms with van der Waals surface area (Å²) in [5.74, 6) is -0.179. The van der Waals surface area contributed by atoms with Gasteiger partial charge in [-0.1, -0.05) is 26.8 Å². The topological polar surface area (TPSA) is 21.3 Å². The zero-order chi connectivity index (χ0) is 14.6. The fraction of sp³-hybridized carbons (Fsp3) is 0.625. The van der Waals surface area contributed by atoms with Crippen molar-refractivity contribution in [1.82, 2.24) is 5.32 Å². The maximum Gasteiger partial charge on any atom is 0.123 e. The van der Waals surface area contributed by atoms with Gasteiger partial charge in [0.05, 0.1) is 6.10 Å². The van der Waals surface area contributed by atoms with Gasteiger partial charge in [-0.25, -0.2) is 4.39 Å². The number of hydrogen-bond acceptors (Lipinski definition) is 2. The molecule has 0 fully saturated rings. The predicted octanol–water partition coefficient (Wildman–Crippen LogP) is 3.33. The van der Waals surface area contributed by atoms with E-state index in [-0.39, 0.29) is 23.4 Å². The van der Waals surface area contributed by atoms with E-state index in [0.717, 1.165) is 17.5 Å². The Bertz CT molecular complexity index is 412. The number of nitrogens with one attached hydrogen (secondary N) is 1. The molecule has 2 unspecified atom stereocenters. The van der Waals surface area contributed by atoms with Crippen LogP contribution in [0.1, 0.15) is 31.9 Å². The van der Waals surface area contributed by atoms with Crippen LogP contribution in [0, 0.1) is 18.2 Å². The molecule has 0 radical (unpaired) electrons. The first-order chi connectivity index (χ1) is 8.79. The first-order valence-electron chi connectivity index (χ1n) is 6.74. The third-order valence-electron chi connectivity index (χ3n) is 3.59. The van der Waals surface area contributed by atoms with E-state index in [9.17, 15) is 4.39 Å².